The predicted octanol–water partition coefficient (Wildman–Crippen LogP) is 3.76. The van der Waals surface area contributed by atoms with E-state index >= 15 is 0 Å². The first-order valence-corrected chi connectivity index (χ1v) is 9.67. The van der Waals surface area contributed by atoms with Crippen LogP contribution in [0.15, 0.2) is 36.4 Å². The number of hydrogen-bond acceptors (Lipinski definition) is 3. The molecule has 0 saturated heterocycles. The first-order valence-electron chi connectivity index (χ1n) is 9.67. The predicted molar refractivity (Wildman–Crippen MR) is 105 cm³/mol. The van der Waals surface area contributed by atoms with Crippen LogP contribution in [-0.2, 0) is 16.1 Å². The lowest BCUT2D eigenvalue weighted by Gasteiger charge is -2.27. The highest BCUT2D eigenvalue weighted by atomic mass is 16.5. The molecule has 3 rings (SSSR count). The lowest BCUT2D eigenvalue weighted by Crippen LogP contribution is -2.53. The Hall–Kier alpha value is -2.56. The Kier molecular flexibility index (Phi) is 5.68. The molecule has 5 nitrogen and oxygen atoms in total. The zero-order valence-electron chi connectivity index (χ0n) is 16.4. The van der Waals surface area contributed by atoms with E-state index in [2.05, 4.69) is 22.0 Å². The van der Waals surface area contributed by atoms with Gasteiger partial charge < -0.3 is 14.6 Å². The molecule has 0 radical (unpaired) electrons. The average Bonchev–Trinajstić information content (AvgIpc) is 3.24. The fraction of sp³-hybridized carbons (Fsp3) is 0.455. The van der Waals surface area contributed by atoms with Crippen LogP contribution in [0.2, 0.25) is 0 Å². The molecular weight excluding hydrogens is 340 g/mol. The molecular formula is C22H28N2O3. The van der Waals surface area contributed by atoms with Crippen LogP contribution in [0.5, 0.6) is 0 Å². The van der Waals surface area contributed by atoms with Crippen LogP contribution in [0, 0.1) is 13.8 Å². The Bertz CT molecular complexity index is 818. The minimum absolute atomic E-state index is 0.197. The highest BCUT2D eigenvalue weighted by Gasteiger charge is 2.44. The Labute approximate surface area is 160 Å². The van der Waals surface area contributed by atoms with Crippen LogP contribution in [-0.4, -0.2) is 28.6 Å². The lowest BCUT2D eigenvalue weighted by atomic mass is 9.97. The van der Waals surface area contributed by atoms with Crippen LogP contribution in [0.3, 0.4) is 0 Å². The van der Waals surface area contributed by atoms with Crippen molar-refractivity contribution >= 4 is 11.9 Å². The molecule has 0 spiro atoms. The van der Waals surface area contributed by atoms with E-state index in [9.17, 15) is 9.59 Å². The van der Waals surface area contributed by atoms with E-state index in [0.717, 1.165) is 30.8 Å². The molecule has 1 fully saturated rings. The van der Waals surface area contributed by atoms with E-state index in [-0.39, 0.29) is 11.9 Å². The van der Waals surface area contributed by atoms with Gasteiger partial charge in [0.05, 0.1) is 12.2 Å². The SMILES string of the molecule is CCOC(=O)C1(NC(=O)c2cc(C)n(Cc3ccccc3)c2C)CCCC1. The molecule has 1 aromatic carbocycles. The number of hydrogen-bond donors (Lipinski definition) is 1. The molecule has 1 amide bonds. The van der Waals surface area contributed by atoms with Crippen LogP contribution < -0.4 is 5.32 Å². The quantitative estimate of drug-likeness (QED) is 0.790. The summed E-state index contributed by atoms with van der Waals surface area (Å²) in [7, 11) is 0. The maximum Gasteiger partial charge on any atom is 0.331 e. The summed E-state index contributed by atoms with van der Waals surface area (Å²) in [5.41, 5.74) is 2.86. The van der Waals surface area contributed by atoms with E-state index in [1.54, 1.807) is 6.92 Å². The minimum Gasteiger partial charge on any atom is -0.464 e. The van der Waals surface area contributed by atoms with Crippen molar-refractivity contribution in [3.63, 3.8) is 0 Å². The summed E-state index contributed by atoms with van der Waals surface area (Å²) in [6.45, 7) is 6.79. The Morgan fingerprint density at radius 1 is 1.15 bits per heavy atom. The van der Waals surface area contributed by atoms with Gasteiger partial charge in [0.1, 0.15) is 5.54 Å². The maximum absolute atomic E-state index is 13.0. The molecule has 1 aliphatic rings. The zero-order chi connectivity index (χ0) is 19.4. The van der Waals surface area contributed by atoms with E-state index in [4.69, 9.17) is 4.74 Å². The van der Waals surface area contributed by atoms with Gasteiger partial charge in [-0.2, -0.15) is 0 Å². The zero-order valence-corrected chi connectivity index (χ0v) is 16.4. The summed E-state index contributed by atoms with van der Waals surface area (Å²) in [5.74, 6) is -0.508. The molecule has 0 atom stereocenters. The average molecular weight is 368 g/mol. The second-order valence-corrected chi connectivity index (χ2v) is 7.32. The fourth-order valence-corrected chi connectivity index (χ4v) is 3.95. The third kappa shape index (κ3) is 3.92. The van der Waals surface area contributed by atoms with E-state index < -0.39 is 5.54 Å². The second kappa shape index (κ2) is 7.99. The molecule has 0 bridgehead atoms. The number of esters is 1. The summed E-state index contributed by atoms with van der Waals surface area (Å²) in [4.78, 5) is 25.5. The Morgan fingerprint density at radius 2 is 1.81 bits per heavy atom. The van der Waals surface area contributed by atoms with Crippen LogP contribution in [0.1, 0.15) is 59.9 Å². The molecule has 1 aromatic heterocycles. The topological polar surface area (TPSA) is 60.3 Å². The van der Waals surface area contributed by atoms with Crippen molar-refractivity contribution in [3.8, 4) is 0 Å². The monoisotopic (exact) mass is 368 g/mol. The number of amides is 1. The van der Waals surface area contributed by atoms with Crippen molar-refractivity contribution < 1.29 is 14.3 Å². The van der Waals surface area contributed by atoms with Gasteiger partial charge in [-0.25, -0.2) is 4.79 Å². The van der Waals surface area contributed by atoms with Crippen LogP contribution in [0.4, 0.5) is 0 Å². The van der Waals surface area contributed by atoms with Crippen molar-refractivity contribution in [2.24, 2.45) is 0 Å². The number of aromatic nitrogens is 1. The van der Waals surface area contributed by atoms with Crippen LogP contribution in [0.25, 0.3) is 0 Å². The third-order valence-corrected chi connectivity index (χ3v) is 5.48. The standard InChI is InChI=1S/C22H28N2O3/c1-4-27-21(26)22(12-8-9-13-22)23-20(25)19-14-16(2)24(17(19)3)15-18-10-6-5-7-11-18/h5-7,10-11,14H,4,8-9,12-13,15H2,1-3H3,(H,23,25). The normalized spacial score (nSPS) is 15.5. The molecule has 1 N–H and O–H groups in total. The van der Waals surface area contributed by atoms with E-state index in [1.165, 1.54) is 5.56 Å². The summed E-state index contributed by atoms with van der Waals surface area (Å²) in [6.07, 6.45) is 3.12. The summed E-state index contributed by atoms with van der Waals surface area (Å²) in [5, 5.41) is 3.01. The molecule has 144 valence electrons. The molecule has 5 heteroatoms. The molecule has 1 heterocycles. The fourth-order valence-electron chi connectivity index (χ4n) is 3.95. The summed E-state index contributed by atoms with van der Waals surface area (Å²) in [6, 6.07) is 12.1. The number of rotatable bonds is 6. The Balaban J connectivity index is 1.82. The van der Waals surface area contributed by atoms with Crippen molar-refractivity contribution in [2.45, 2.75) is 58.5 Å². The number of carbonyl (C=O) groups excluding carboxylic acids is 2. The van der Waals surface area contributed by atoms with Gasteiger partial charge in [0.15, 0.2) is 0 Å². The van der Waals surface area contributed by atoms with Gasteiger partial charge in [0, 0.05) is 17.9 Å². The first-order chi connectivity index (χ1) is 13.0. The third-order valence-electron chi connectivity index (χ3n) is 5.48. The maximum atomic E-state index is 13.0. The van der Waals surface area contributed by atoms with Gasteiger partial charge in [0.25, 0.3) is 5.91 Å². The number of nitrogens with one attached hydrogen (secondary N) is 1. The molecule has 1 aliphatic carbocycles. The summed E-state index contributed by atoms with van der Waals surface area (Å²) < 4.78 is 7.38. The number of carbonyl (C=O) groups is 2. The van der Waals surface area contributed by atoms with Gasteiger partial charge in [-0.3, -0.25) is 4.79 Å². The largest absolute Gasteiger partial charge is 0.464 e. The Morgan fingerprint density at radius 3 is 2.44 bits per heavy atom. The summed E-state index contributed by atoms with van der Waals surface area (Å²) >= 11 is 0. The smallest absolute Gasteiger partial charge is 0.331 e. The molecule has 1 saturated carbocycles. The van der Waals surface area contributed by atoms with Crippen molar-refractivity contribution in [1.29, 1.82) is 0 Å². The van der Waals surface area contributed by atoms with Crippen molar-refractivity contribution in [1.82, 2.24) is 9.88 Å². The number of ether oxygens (including phenoxy) is 1. The minimum atomic E-state index is -0.880. The number of aryl methyl sites for hydroxylation is 1. The van der Waals surface area contributed by atoms with E-state index in [1.807, 2.05) is 38.1 Å². The number of benzene rings is 1. The lowest BCUT2D eigenvalue weighted by molar-refractivity contribution is -0.150. The highest BCUT2D eigenvalue weighted by molar-refractivity contribution is 5.99. The molecule has 27 heavy (non-hydrogen) atoms. The highest BCUT2D eigenvalue weighted by Crippen LogP contribution is 2.31. The van der Waals surface area contributed by atoms with Gasteiger partial charge in [-0.1, -0.05) is 43.2 Å². The molecule has 0 aliphatic heterocycles. The van der Waals surface area contributed by atoms with Gasteiger partial charge in [-0.15, -0.1) is 0 Å². The van der Waals surface area contributed by atoms with Gasteiger partial charge in [-0.05, 0) is 45.2 Å². The molecule has 2 aromatic rings. The van der Waals surface area contributed by atoms with Gasteiger partial charge in [0.2, 0.25) is 0 Å². The van der Waals surface area contributed by atoms with Gasteiger partial charge >= 0.3 is 5.97 Å². The van der Waals surface area contributed by atoms with Crippen LogP contribution >= 0.6 is 0 Å². The molecule has 0 unspecified atom stereocenters. The number of nitrogens with zero attached hydrogens (tertiary/aromatic N) is 1. The van der Waals surface area contributed by atoms with Crippen molar-refractivity contribution in [3.05, 3.63) is 58.9 Å². The second-order valence-electron chi connectivity index (χ2n) is 7.32. The van der Waals surface area contributed by atoms with E-state index in [0.29, 0.717) is 25.0 Å². The van der Waals surface area contributed by atoms with Crippen molar-refractivity contribution in [2.75, 3.05) is 6.61 Å². The first kappa shape index (κ1) is 19.2.